The van der Waals surface area contributed by atoms with Crippen LogP contribution in [0.2, 0.25) is 0 Å². The summed E-state index contributed by atoms with van der Waals surface area (Å²) in [6.07, 6.45) is 1.04. The molecule has 0 saturated heterocycles. The molecule has 1 atom stereocenters. The van der Waals surface area contributed by atoms with Crippen LogP contribution >= 0.6 is 11.3 Å². The van der Waals surface area contributed by atoms with E-state index < -0.39 is 0 Å². The fraction of sp³-hybridized carbons (Fsp3) is 0.727. The smallest absolute Gasteiger partial charge is 0.0798 e. The molecule has 0 aliphatic heterocycles. The molecule has 4 heteroatoms. The molecular formula is C11H21N3S. The topological polar surface area (TPSA) is 50.9 Å². The van der Waals surface area contributed by atoms with Gasteiger partial charge in [-0.25, -0.2) is 4.98 Å². The lowest BCUT2D eigenvalue weighted by molar-refractivity contribution is 0.450. The molecule has 3 N–H and O–H groups in total. The molecule has 0 bridgehead atoms. The SMILES string of the molecule is Cc1ncsc1CNCCC(N)C(C)C. The molecule has 0 aromatic carbocycles. The number of nitrogens with two attached hydrogens (primary N) is 1. The van der Waals surface area contributed by atoms with Crippen LogP contribution in [-0.4, -0.2) is 17.6 Å². The van der Waals surface area contributed by atoms with Crippen molar-refractivity contribution in [2.24, 2.45) is 11.7 Å². The molecular weight excluding hydrogens is 206 g/mol. The van der Waals surface area contributed by atoms with Gasteiger partial charge >= 0.3 is 0 Å². The summed E-state index contributed by atoms with van der Waals surface area (Å²) >= 11 is 1.71. The van der Waals surface area contributed by atoms with E-state index in [4.69, 9.17) is 5.73 Å². The Kier molecular flexibility index (Phi) is 5.22. The molecule has 0 aliphatic carbocycles. The van der Waals surface area contributed by atoms with Crippen molar-refractivity contribution < 1.29 is 0 Å². The Balaban J connectivity index is 2.15. The van der Waals surface area contributed by atoms with Gasteiger partial charge in [-0.15, -0.1) is 11.3 Å². The van der Waals surface area contributed by atoms with Crippen LogP contribution in [0.1, 0.15) is 30.8 Å². The van der Waals surface area contributed by atoms with Crippen molar-refractivity contribution in [1.82, 2.24) is 10.3 Å². The average Bonchev–Trinajstić information content (AvgIpc) is 2.58. The van der Waals surface area contributed by atoms with Crippen LogP contribution in [0, 0.1) is 12.8 Å². The van der Waals surface area contributed by atoms with Crippen LogP contribution in [0.5, 0.6) is 0 Å². The Hall–Kier alpha value is -0.450. The fourth-order valence-electron chi connectivity index (χ4n) is 1.30. The normalized spacial score (nSPS) is 13.4. The fourth-order valence-corrected chi connectivity index (χ4v) is 2.05. The van der Waals surface area contributed by atoms with Crippen molar-refractivity contribution in [1.29, 1.82) is 0 Å². The predicted molar refractivity (Wildman–Crippen MR) is 66.0 cm³/mol. The van der Waals surface area contributed by atoms with Crippen LogP contribution in [-0.2, 0) is 6.54 Å². The maximum atomic E-state index is 5.96. The number of rotatable bonds is 6. The molecule has 0 saturated carbocycles. The highest BCUT2D eigenvalue weighted by Crippen LogP contribution is 2.11. The zero-order chi connectivity index (χ0) is 11.3. The van der Waals surface area contributed by atoms with Gasteiger partial charge in [-0.05, 0) is 25.8 Å². The summed E-state index contributed by atoms with van der Waals surface area (Å²) in [4.78, 5) is 5.54. The van der Waals surface area contributed by atoms with Crippen LogP contribution in [0.25, 0.3) is 0 Å². The van der Waals surface area contributed by atoms with Gasteiger partial charge in [0.15, 0.2) is 0 Å². The summed E-state index contributed by atoms with van der Waals surface area (Å²) in [5.74, 6) is 0.567. The maximum absolute atomic E-state index is 5.96. The Morgan fingerprint density at radius 2 is 2.27 bits per heavy atom. The minimum Gasteiger partial charge on any atom is -0.327 e. The molecule has 0 fully saturated rings. The molecule has 0 aliphatic rings. The lowest BCUT2D eigenvalue weighted by atomic mass is 10.0. The van der Waals surface area contributed by atoms with Gasteiger partial charge in [-0.3, -0.25) is 0 Å². The molecule has 86 valence electrons. The third kappa shape index (κ3) is 4.28. The third-order valence-electron chi connectivity index (χ3n) is 2.64. The first-order chi connectivity index (χ1) is 7.11. The molecule has 15 heavy (non-hydrogen) atoms. The minimum atomic E-state index is 0.306. The van der Waals surface area contributed by atoms with E-state index in [-0.39, 0.29) is 0 Å². The maximum Gasteiger partial charge on any atom is 0.0798 e. The monoisotopic (exact) mass is 227 g/mol. The van der Waals surface area contributed by atoms with Crippen molar-refractivity contribution in [2.75, 3.05) is 6.54 Å². The van der Waals surface area contributed by atoms with Crippen molar-refractivity contribution in [3.63, 3.8) is 0 Å². The first-order valence-electron chi connectivity index (χ1n) is 5.46. The van der Waals surface area contributed by atoms with Gasteiger partial charge in [-0.1, -0.05) is 13.8 Å². The highest BCUT2D eigenvalue weighted by Gasteiger charge is 2.06. The van der Waals surface area contributed by atoms with Crippen LogP contribution < -0.4 is 11.1 Å². The average molecular weight is 227 g/mol. The highest BCUT2D eigenvalue weighted by molar-refractivity contribution is 7.09. The summed E-state index contributed by atoms with van der Waals surface area (Å²) in [7, 11) is 0. The Bertz CT molecular complexity index is 283. The van der Waals surface area contributed by atoms with Gasteiger partial charge in [0.25, 0.3) is 0 Å². The van der Waals surface area contributed by atoms with Crippen LogP contribution in [0.15, 0.2) is 5.51 Å². The largest absolute Gasteiger partial charge is 0.327 e. The van der Waals surface area contributed by atoms with E-state index in [1.807, 2.05) is 12.4 Å². The van der Waals surface area contributed by atoms with Gasteiger partial charge in [0.2, 0.25) is 0 Å². The Morgan fingerprint density at radius 1 is 1.53 bits per heavy atom. The van der Waals surface area contributed by atoms with E-state index >= 15 is 0 Å². The molecule has 1 unspecified atom stereocenters. The summed E-state index contributed by atoms with van der Waals surface area (Å²) in [5.41, 5.74) is 8.99. The Morgan fingerprint density at radius 3 is 2.80 bits per heavy atom. The second-order valence-electron chi connectivity index (χ2n) is 4.23. The van der Waals surface area contributed by atoms with E-state index in [1.54, 1.807) is 11.3 Å². The first-order valence-corrected chi connectivity index (χ1v) is 6.34. The van der Waals surface area contributed by atoms with Crippen molar-refractivity contribution in [2.45, 2.75) is 39.8 Å². The van der Waals surface area contributed by atoms with Gasteiger partial charge in [0.05, 0.1) is 11.2 Å². The van der Waals surface area contributed by atoms with Gasteiger partial charge in [-0.2, -0.15) is 0 Å². The van der Waals surface area contributed by atoms with Crippen LogP contribution in [0.4, 0.5) is 0 Å². The van der Waals surface area contributed by atoms with Gasteiger partial charge in [0, 0.05) is 17.5 Å². The number of aryl methyl sites for hydroxylation is 1. The first kappa shape index (κ1) is 12.6. The summed E-state index contributed by atoms with van der Waals surface area (Å²) in [6.45, 7) is 8.28. The zero-order valence-corrected chi connectivity index (χ0v) is 10.6. The van der Waals surface area contributed by atoms with E-state index in [0.717, 1.165) is 25.2 Å². The summed E-state index contributed by atoms with van der Waals surface area (Å²) in [6, 6.07) is 0.306. The second kappa shape index (κ2) is 6.20. The molecule has 1 rings (SSSR count). The summed E-state index contributed by atoms with van der Waals surface area (Å²) < 4.78 is 0. The van der Waals surface area contributed by atoms with E-state index in [2.05, 4.69) is 24.1 Å². The lowest BCUT2D eigenvalue weighted by Crippen LogP contribution is -2.30. The van der Waals surface area contributed by atoms with Gasteiger partial charge in [0.1, 0.15) is 0 Å². The predicted octanol–water partition coefficient (Wildman–Crippen LogP) is 1.91. The molecule has 1 heterocycles. The lowest BCUT2D eigenvalue weighted by Gasteiger charge is -2.15. The molecule has 0 spiro atoms. The van der Waals surface area contributed by atoms with Crippen molar-refractivity contribution in [3.8, 4) is 0 Å². The van der Waals surface area contributed by atoms with E-state index in [0.29, 0.717) is 12.0 Å². The minimum absolute atomic E-state index is 0.306. The molecule has 1 aromatic heterocycles. The standard InChI is InChI=1S/C11H21N3S/c1-8(2)10(12)4-5-13-6-11-9(3)14-7-15-11/h7-8,10,13H,4-6,12H2,1-3H3. The zero-order valence-electron chi connectivity index (χ0n) is 9.79. The number of nitrogens with zero attached hydrogens (tertiary/aromatic N) is 1. The molecule has 3 nitrogen and oxygen atoms in total. The highest BCUT2D eigenvalue weighted by atomic mass is 32.1. The number of aromatic nitrogens is 1. The van der Waals surface area contributed by atoms with Crippen molar-refractivity contribution in [3.05, 3.63) is 16.1 Å². The number of nitrogens with one attached hydrogen (secondary N) is 1. The van der Waals surface area contributed by atoms with Crippen molar-refractivity contribution >= 4 is 11.3 Å². The van der Waals surface area contributed by atoms with E-state index in [9.17, 15) is 0 Å². The summed E-state index contributed by atoms with van der Waals surface area (Å²) in [5, 5.41) is 3.40. The Labute approximate surface area is 96.1 Å². The number of hydrogen-bond donors (Lipinski definition) is 2. The molecule has 0 amide bonds. The van der Waals surface area contributed by atoms with E-state index in [1.165, 1.54) is 4.88 Å². The second-order valence-corrected chi connectivity index (χ2v) is 5.17. The van der Waals surface area contributed by atoms with Crippen LogP contribution in [0.3, 0.4) is 0 Å². The number of hydrogen-bond acceptors (Lipinski definition) is 4. The van der Waals surface area contributed by atoms with Gasteiger partial charge < -0.3 is 11.1 Å². The molecule has 1 aromatic rings. The quantitative estimate of drug-likeness (QED) is 0.730. The third-order valence-corrected chi connectivity index (χ3v) is 3.58. The molecule has 0 radical (unpaired) electrons. The number of thiazole rings is 1.